The Balaban J connectivity index is 1.60. The molecule has 2 atom stereocenters. The number of carbonyl (C=O) groups excluding carboxylic acids is 1. The van der Waals surface area contributed by atoms with Gasteiger partial charge in [0, 0.05) is 18.0 Å². The van der Waals surface area contributed by atoms with Crippen LogP contribution in [0.3, 0.4) is 0 Å². The minimum Gasteiger partial charge on any atom is -0.377 e. The molecule has 0 aliphatic carbocycles. The number of nitrogens with zero attached hydrogens (tertiary/aromatic N) is 2. The summed E-state index contributed by atoms with van der Waals surface area (Å²) in [6, 6.07) is 4.77. The zero-order valence-corrected chi connectivity index (χ0v) is 14.0. The van der Waals surface area contributed by atoms with Crippen molar-refractivity contribution in [3.63, 3.8) is 0 Å². The Bertz CT molecular complexity index is 474. The Morgan fingerprint density at radius 3 is 2.95 bits per heavy atom. The summed E-state index contributed by atoms with van der Waals surface area (Å²) in [5.74, 6) is 0. The fourth-order valence-electron chi connectivity index (χ4n) is 3.26. The zero-order chi connectivity index (χ0) is 15.4. The molecule has 2 aliphatic rings. The minimum absolute atomic E-state index is 0.0385. The molecule has 2 unspecified atom stereocenters. The molecule has 0 spiro atoms. The van der Waals surface area contributed by atoms with E-state index >= 15 is 0 Å². The third kappa shape index (κ3) is 3.62. The lowest BCUT2D eigenvalue weighted by atomic mass is 10.2. The second-order valence-corrected chi connectivity index (χ2v) is 7.06. The van der Waals surface area contributed by atoms with Crippen LogP contribution in [0.5, 0.6) is 0 Å². The van der Waals surface area contributed by atoms with Crippen LogP contribution in [-0.4, -0.2) is 61.3 Å². The van der Waals surface area contributed by atoms with E-state index in [4.69, 9.17) is 4.74 Å². The van der Waals surface area contributed by atoms with Crippen molar-refractivity contribution in [1.82, 2.24) is 15.1 Å². The van der Waals surface area contributed by atoms with Gasteiger partial charge in [-0.05, 0) is 44.3 Å². The van der Waals surface area contributed by atoms with Gasteiger partial charge in [0.1, 0.15) is 0 Å². The second kappa shape index (κ2) is 7.44. The first-order valence-corrected chi connectivity index (χ1v) is 9.03. The van der Waals surface area contributed by atoms with Gasteiger partial charge in [-0.15, -0.1) is 11.3 Å². The van der Waals surface area contributed by atoms with Crippen molar-refractivity contribution in [3.8, 4) is 0 Å². The van der Waals surface area contributed by atoms with Gasteiger partial charge < -0.3 is 15.0 Å². The lowest BCUT2D eigenvalue weighted by Gasteiger charge is -2.34. The number of morpholine rings is 1. The van der Waals surface area contributed by atoms with E-state index in [-0.39, 0.29) is 12.1 Å². The van der Waals surface area contributed by atoms with E-state index in [1.165, 1.54) is 17.7 Å². The third-order valence-corrected chi connectivity index (χ3v) is 5.50. The molecule has 0 bridgehead atoms. The van der Waals surface area contributed by atoms with Crippen LogP contribution in [0.15, 0.2) is 17.5 Å². The summed E-state index contributed by atoms with van der Waals surface area (Å²) in [5.41, 5.74) is 0. The molecular weight excluding hydrogens is 298 g/mol. The monoisotopic (exact) mass is 323 g/mol. The van der Waals surface area contributed by atoms with E-state index in [1.54, 1.807) is 11.3 Å². The van der Waals surface area contributed by atoms with Gasteiger partial charge in [0.2, 0.25) is 0 Å². The summed E-state index contributed by atoms with van der Waals surface area (Å²) in [6.45, 7) is 6.94. The number of urea groups is 1. The van der Waals surface area contributed by atoms with E-state index in [9.17, 15) is 4.79 Å². The summed E-state index contributed by atoms with van der Waals surface area (Å²) in [6.07, 6.45) is 2.52. The van der Waals surface area contributed by atoms with E-state index < -0.39 is 0 Å². The molecule has 2 amide bonds. The number of likely N-dealkylation sites (tertiary alicyclic amines) is 1. The van der Waals surface area contributed by atoms with Gasteiger partial charge in [0.15, 0.2) is 0 Å². The molecule has 3 heterocycles. The number of hydrogen-bond donors (Lipinski definition) is 1. The highest BCUT2D eigenvalue weighted by atomic mass is 32.1. The van der Waals surface area contributed by atoms with Crippen molar-refractivity contribution in [1.29, 1.82) is 0 Å². The average Bonchev–Trinajstić information content (AvgIpc) is 3.21. The molecule has 2 fully saturated rings. The van der Waals surface area contributed by atoms with Crippen LogP contribution in [0, 0.1) is 0 Å². The highest BCUT2D eigenvalue weighted by Gasteiger charge is 2.27. The van der Waals surface area contributed by atoms with Gasteiger partial charge in [-0.3, -0.25) is 4.90 Å². The molecule has 22 heavy (non-hydrogen) atoms. The van der Waals surface area contributed by atoms with Crippen molar-refractivity contribution >= 4 is 17.4 Å². The summed E-state index contributed by atoms with van der Waals surface area (Å²) < 4.78 is 5.40. The fourth-order valence-corrected chi connectivity index (χ4v) is 4.12. The quantitative estimate of drug-likeness (QED) is 0.925. The first-order chi connectivity index (χ1) is 10.8. The first kappa shape index (κ1) is 15.8. The SMILES string of the molecule is CC1COCCN1C(=O)NCC(c1cccs1)N1CCCC1. The molecule has 0 radical (unpaired) electrons. The van der Waals surface area contributed by atoms with Crippen LogP contribution < -0.4 is 5.32 Å². The normalized spacial score (nSPS) is 24.4. The molecule has 0 saturated carbocycles. The van der Waals surface area contributed by atoms with Crippen LogP contribution in [0.1, 0.15) is 30.7 Å². The highest BCUT2D eigenvalue weighted by molar-refractivity contribution is 7.10. The Morgan fingerprint density at radius 1 is 1.45 bits per heavy atom. The summed E-state index contributed by atoms with van der Waals surface area (Å²) in [7, 11) is 0. The maximum absolute atomic E-state index is 12.4. The van der Waals surface area contributed by atoms with Gasteiger partial charge in [-0.1, -0.05) is 6.07 Å². The number of nitrogens with one attached hydrogen (secondary N) is 1. The molecule has 1 aromatic rings. The van der Waals surface area contributed by atoms with Crippen molar-refractivity contribution in [2.24, 2.45) is 0 Å². The van der Waals surface area contributed by atoms with Crippen LogP contribution in [0.2, 0.25) is 0 Å². The van der Waals surface area contributed by atoms with Crippen LogP contribution in [-0.2, 0) is 4.74 Å². The highest BCUT2D eigenvalue weighted by Crippen LogP contribution is 2.27. The number of carbonyl (C=O) groups is 1. The Labute approximate surface area is 136 Å². The fraction of sp³-hybridized carbons (Fsp3) is 0.688. The number of amides is 2. The van der Waals surface area contributed by atoms with Gasteiger partial charge in [-0.25, -0.2) is 4.79 Å². The maximum atomic E-state index is 12.4. The molecule has 0 aromatic carbocycles. The molecule has 122 valence electrons. The molecule has 3 rings (SSSR count). The van der Waals surface area contributed by atoms with Crippen molar-refractivity contribution in [2.45, 2.75) is 31.8 Å². The number of rotatable bonds is 4. The topological polar surface area (TPSA) is 44.8 Å². The van der Waals surface area contributed by atoms with Gasteiger partial charge in [0.05, 0.1) is 25.3 Å². The van der Waals surface area contributed by atoms with E-state index in [0.29, 0.717) is 32.3 Å². The first-order valence-electron chi connectivity index (χ1n) is 8.15. The van der Waals surface area contributed by atoms with Gasteiger partial charge >= 0.3 is 6.03 Å². The van der Waals surface area contributed by atoms with Crippen molar-refractivity contribution < 1.29 is 9.53 Å². The lowest BCUT2D eigenvalue weighted by molar-refractivity contribution is 0.0187. The predicted molar refractivity (Wildman–Crippen MR) is 88.3 cm³/mol. The van der Waals surface area contributed by atoms with E-state index in [1.807, 2.05) is 11.8 Å². The Hall–Kier alpha value is -1.11. The molecule has 1 N–H and O–H groups in total. The van der Waals surface area contributed by atoms with E-state index in [2.05, 4.69) is 27.7 Å². The molecule has 1 aromatic heterocycles. The Kier molecular flexibility index (Phi) is 5.33. The third-order valence-electron chi connectivity index (χ3n) is 4.53. The standard InChI is InChI=1S/C16H25N3O2S/c1-13-12-21-9-8-19(13)16(20)17-11-14(15-5-4-10-22-15)18-6-2-3-7-18/h4-5,10,13-14H,2-3,6-9,11-12H2,1H3,(H,17,20). The summed E-state index contributed by atoms with van der Waals surface area (Å²) >= 11 is 1.78. The van der Waals surface area contributed by atoms with E-state index in [0.717, 1.165) is 13.1 Å². The summed E-state index contributed by atoms with van der Waals surface area (Å²) in [4.78, 5) is 18.2. The van der Waals surface area contributed by atoms with Crippen molar-refractivity contribution in [2.75, 3.05) is 39.4 Å². The van der Waals surface area contributed by atoms with Gasteiger partial charge in [0.25, 0.3) is 0 Å². The van der Waals surface area contributed by atoms with Crippen LogP contribution in [0.4, 0.5) is 4.79 Å². The Morgan fingerprint density at radius 2 is 2.27 bits per heavy atom. The number of hydrogen-bond acceptors (Lipinski definition) is 4. The van der Waals surface area contributed by atoms with Crippen LogP contribution in [0.25, 0.3) is 0 Å². The predicted octanol–water partition coefficient (Wildman–Crippen LogP) is 2.32. The summed E-state index contributed by atoms with van der Waals surface area (Å²) in [5, 5.41) is 5.26. The second-order valence-electron chi connectivity index (χ2n) is 6.08. The number of thiophene rings is 1. The average molecular weight is 323 g/mol. The molecule has 6 heteroatoms. The minimum atomic E-state index is 0.0385. The van der Waals surface area contributed by atoms with Crippen molar-refractivity contribution in [3.05, 3.63) is 22.4 Å². The molecule has 2 saturated heterocycles. The molecular formula is C16H25N3O2S. The number of ether oxygens (including phenoxy) is 1. The smallest absolute Gasteiger partial charge is 0.317 e. The zero-order valence-electron chi connectivity index (χ0n) is 13.2. The van der Waals surface area contributed by atoms with Gasteiger partial charge in [-0.2, -0.15) is 0 Å². The maximum Gasteiger partial charge on any atom is 0.317 e. The molecule has 5 nitrogen and oxygen atoms in total. The lowest BCUT2D eigenvalue weighted by Crippen LogP contribution is -2.52. The largest absolute Gasteiger partial charge is 0.377 e. The van der Waals surface area contributed by atoms with Crippen LogP contribution >= 0.6 is 11.3 Å². The molecule has 2 aliphatic heterocycles.